The third-order valence-corrected chi connectivity index (χ3v) is 5.03. The van der Waals surface area contributed by atoms with Crippen LogP contribution in [-0.2, 0) is 4.74 Å². The van der Waals surface area contributed by atoms with Crippen molar-refractivity contribution in [1.82, 2.24) is 5.32 Å². The first-order valence-electron chi connectivity index (χ1n) is 8.35. The Morgan fingerprint density at radius 3 is 2.21 bits per heavy atom. The monoisotopic (exact) mass is 319 g/mol. The number of fused-ring (bicyclic) bond motifs is 3. The van der Waals surface area contributed by atoms with Crippen molar-refractivity contribution in [1.29, 1.82) is 0 Å². The second-order valence-corrected chi connectivity index (χ2v) is 7.11. The molecule has 0 bridgehead atoms. The molecule has 0 radical (unpaired) electrons. The van der Waals surface area contributed by atoms with Gasteiger partial charge in [0, 0.05) is 11.5 Å². The standard InChI is InChI=1S/C21H21NO2/c1-14-11-21(2,12-14)22-20(23)24-13-19-17-9-5-3-7-15(17)16-8-4-6-10-18(16)19/h3-10,19H,1,11-13H2,2H3,(H,22,23). The van der Waals surface area contributed by atoms with Gasteiger partial charge in [-0.1, -0.05) is 60.7 Å². The van der Waals surface area contributed by atoms with Crippen LogP contribution in [0.2, 0.25) is 0 Å². The molecule has 0 spiro atoms. The first-order valence-corrected chi connectivity index (χ1v) is 8.35. The van der Waals surface area contributed by atoms with Gasteiger partial charge in [-0.15, -0.1) is 0 Å². The summed E-state index contributed by atoms with van der Waals surface area (Å²) < 4.78 is 5.57. The molecule has 2 aliphatic rings. The van der Waals surface area contributed by atoms with E-state index in [1.807, 2.05) is 19.1 Å². The van der Waals surface area contributed by atoms with E-state index in [0.717, 1.165) is 12.8 Å². The SMILES string of the molecule is C=C1CC(C)(NC(=O)OCC2c3ccccc3-c3ccccc32)C1. The van der Waals surface area contributed by atoms with E-state index in [1.54, 1.807) is 0 Å². The summed E-state index contributed by atoms with van der Waals surface area (Å²) in [7, 11) is 0. The van der Waals surface area contributed by atoms with Crippen LogP contribution in [0.25, 0.3) is 11.1 Å². The van der Waals surface area contributed by atoms with Gasteiger partial charge in [-0.3, -0.25) is 0 Å². The maximum absolute atomic E-state index is 12.2. The van der Waals surface area contributed by atoms with Crippen molar-refractivity contribution < 1.29 is 9.53 Å². The second-order valence-electron chi connectivity index (χ2n) is 7.11. The zero-order chi connectivity index (χ0) is 16.7. The topological polar surface area (TPSA) is 38.3 Å². The molecule has 2 aliphatic carbocycles. The number of rotatable bonds is 3. The fourth-order valence-corrected chi connectivity index (χ4v) is 4.02. The number of benzene rings is 2. The normalized spacial score (nSPS) is 17.6. The van der Waals surface area contributed by atoms with Gasteiger partial charge in [0.05, 0.1) is 0 Å². The molecule has 122 valence electrons. The number of alkyl carbamates (subject to hydrolysis) is 1. The molecule has 0 heterocycles. The van der Waals surface area contributed by atoms with Crippen LogP contribution in [0.5, 0.6) is 0 Å². The highest BCUT2D eigenvalue weighted by atomic mass is 16.5. The van der Waals surface area contributed by atoms with Gasteiger partial charge in [0.2, 0.25) is 0 Å². The summed E-state index contributed by atoms with van der Waals surface area (Å²) in [6.45, 7) is 6.32. The minimum Gasteiger partial charge on any atom is -0.449 e. The van der Waals surface area contributed by atoms with E-state index >= 15 is 0 Å². The lowest BCUT2D eigenvalue weighted by atomic mass is 9.75. The van der Waals surface area contributed by atoms with Crippen molar-refractivity contribution in [2.75, 3.05) is 6.61 Å². The summed E-state index contributed by atoms with van der Waals surface area (Å²) in [6.07, 6.45) is 1.32. The minimum absolute atomic E-state index is 0.104. The van der Waals surface area contributed by atoms with Crippen LogP contribution in [0.4, 0.5) is 4.79 Å². The zero-order valence-corrected chi connectivity index (χ0v) is 13.8. The van der Waals surface area contributed by atoms with Crippen molar-refractivity contribution in [3.05, 3.63) is 71.8 Å². The quantitative estimate of drug-likeness (QED) is 0.837. The predicted molar refractivity (Wildman–Crippen MR) is 95.0 cm³/mol. The van der Waals surface area contributed by atoms with E-state index in [2.05, 4.69) is 48.3 Å². The Labute approximate surface area is 142 Å². The molecule has 1 N–H and O–H groups in total. The smallest absolute Gasteiger partial charge is 0.407 e. The van der Waals surface area contributed by atoms with E-state index in [0.29, 0.717) is 6.61 Å². The van der Waals surface area contributed by atoms with Crippen LogP contribution in [0.3, 0.4) is 0 Å². The Morgan fingerprint density at radius 2 is 1.67 bits per heavy atom. The van der Waals surface area contributed by atoms with Gasteiger partial charge < -0.3 is 10.1 Å². The molecular weight excluding hydrogens is 298 g/mol. The minimum atomic E-state index is -0.341. The average molecular weight is 319 g/mol. The van der Waals surface area contributed by atoms with Crippen molar-refractivity contribution in [2.45, 2.75) is 31.2 Å². The number of ether oxygens (including phenoxy) is 1. The molecule has 1 fully saturated rings. The van der Waals surface area contributed by atoms with Crippen molar-refractivity contribution >= 4 is 6.09 Å². The molecule has 24 heavy (non-hydrogen) atoms. The average Bonchev–Trinajstić information content (AvgIpc) is 2.86. The van der Waals surface area contributed by atoms with Gasteiger partial charge in [-0.05, 0) is 42.0 Å². The van der Waals surface area contributed by atoms with Gasteiger partial charge >= 0.3 is 6.09 Å². The first-order chi connectivity index (χ1) is 11.6. The lowest BCUT2D eigenvalue weighted by Gasteiger charge is -2.40. The van der Waals surface area contributed by atoms with Crippen LogP contribution in [-0.4, -0.2) is 18.2 Å². The molecule has 1 amide bonds. The van der Waals surface area contributed by atoms with E-state index < -0.39 is 0 Å². The van der Waals surface area contributed by atoms with Crippen LogP contribution >= 0.6 is 0 Å². The summed E-state index contributed by atoms with van der Waals surface area (Å²) in [4.78, 5) is 12.2. The summed E-state index contributed by atoms with van der Waals surface area (Å²) in [5, 5.41) is 2.97. The van der Waals surface area contributed by atoms with E-state index in [-0.39, 0.29) is 17.6 Å². The first kappa shape index (κ1) is 15.0. The fourth-order valence-electron chi connectivity index (χ4n) is 4.02. The van der Waals surface area contributed by atoms with Gasteiger partial charge in [-0.2, -0.15) is 0 Å². The predicted octanol–water partition coefficient (Wildman–Crippen LogP) is 4.63. The van der Waals surface area contributed by atoms with Gasteiger partial charge in [-0.25, -0.2) is 4.79 Å². The zero-order valence-electron chi connectivity index (χ0n) is 13.8. The van der Waals surface area contributed by atoms with Crippen LogP contribution in [0, 0.1) is 0 Å². The number of hydrogen-bond acceptors (Lipinski definition) is 2. The van der Waals surface area contributed by atoms with Crippen molar-refractivity contribution in [3.63, 3.8) is 0 Å². The molecular formula is C21H21NO2. The molecule has 0 unspecified atom stereocenters. The van der Waals surface area contributed by atoms with Gasteiger partial charge in [0.25, 0.3) is 0 Å². The molecule has 3 nitrogen and oxygen atoms in total. The lowest BCUT2D eigenvalue weighted by molar-refractivity contribution is 0.125. The van der Waals surface area contributed by atoms with Crippen LogP contribution in [0.15, 0.2) is 60.7 Å². The lowest BCUT2D eigenvalue weighted by Crippen LogP contribution is -2.52. The molecule has 2 aromatic rings. The summed E-state index contributed by atoms with van der Waals surface area (Å²) in [5.74, 6) is 0.104. The highest BCUT2D eigenvalue weighted by Gasteiger charge is 2.37. The third-order valence-electron chi connectivity index (χ3n) is 5.03. The number of carbonyl (C=O) groups excluding carboxylic acids is 1. The molecule has 0 aliphatic heterocycles. The summed E-state index contributed by atoms with van der Waals surface area (Å²) in [6, 6.07) is 16.7. The maximum atomic E-state index is 12.2. The molecule has 0 aromatic heterocycles. The Kier molecular flexibility index (Phi) is 3.45. The van der Waals surface area contributed by atoms with Gasteiger partial charge in [0.15, 0.2) is 0 Å². The third kappa shape index (κ3) is 2.50. The van der Waals surface area contributed by atoms with Gasteiger partial charge in [0.1, 0.15) is 6.61 Å². The molecule has 0 atom stereocenters. The number of amides is 1. The summed E-state index contributed by atoms with van der Waals surface area (Å²) in [5.41, 5.74) is 5.93. The Bertz CT molecular complexity index is 771. The number of nitrogens with one attached hydrogen (secondary N) is 1. The van der Waals surface area contributed by atoms with Crippen molar-refractivity contribution in [3.8, 4) is 11.1 Å². The Balaban J connectivity index is 1.49. The second kappa shape index (κ2) is 5.52. The fraction of sp³-hybridized carbons (Fsp3) is 0.286. The van der Waals surface area contributed by atoms with Crippen LogP contribution in [0.1, 0.15) is 36.8 Å². The molecule has 3 heteroatoms. The molecule has 0 saturated heterocycles. The Morgan fingerprint density at radius 1 is 1.12 bits per heavy atom. The van der Waals surface area contributed by atoms with E-state index in [1.165, 1.54) is 27.8 Å². The summed E-state index contributed by atoms with van der Waals surface area (Å²) >= 11 is 0. The van der Waals surface area contributed by atoms with E-state index in [4.69, 9.17) is 4.74 Å². The number of hydrogen-bond donors (Lipinski definition) is 1. The highest BCUT2D eigenvalue weighted by molar-refractivity contribution is 5.79. The molecule has 1 saturated carbocycles. The molecule has 4 rings (SSSR count). The van der Waals surface area contributed by atoms with Crippen molar-refractivity contribution in [2.24, 2.45) is 0 Å². The number of carbonyl (C=O) groups is 1. The largest absolute Gasteiger partial charge is 0.449 e. The highest BCUT2D eigenvalue weighted by Crippen LogP contribution is 2.44. The van der Waals surface area contributed by atoms with Crippen LogP contribution < -0.4 is 5.32 Å². The molecule has 2 aromatic carbocycles. The Hall–Kier alpha value is -2.55. The van der Waals surface area contributed by atoms with E-state index in [9.17, 15) is 4.79 Å². The maximum Gasteiger partial charge on any atom is 0.407 e.